The molecule has 1 aliphatic rings. The third-order valence-electron chi connectivity index (χ3n) is 4.15. The Morgan fingerprint density at radius 2 is 2.30 bits per heavy atom. The Balaban J connectivity index is 1.80. The van der Waals surface area contributed by atoms with Gasteiger partial charge in [0, 0.05) is 6.54 Å². The summed E-state index contributed by atoms with van der Waals surface area (Å²) < 4.78 is 0. The smallest absolute Gasteiger partial charge is 0.307 e. The van der Waals surface area contributed by atoms with Crippen molar-refractivity contribution in [3.63, 3.8) is 0 Å². The molecule has 2 unspecified atom stereocenters. The van der Waals surface area contributed by atoms with Gasteiger partial charge in [0.2, 0.25) is 0 Å². The van der Waals surface area contributed by atoms with Crippen molar-refractivity contribution in [2.75, 3.05) is 13.1 Å². The van der Waals surface area contributed by atoms with Gasteiger partial charge in [0.05, 0.1) is 23.0 Å². The molecule has 106 valence electrons. The van der Waals surface area contributed by atoms with Crippen LogP contribution in [0.3, 0.4) is 0 Å². The van der Waals surface area contributed by atoms with Crippen molar-refractivity contribution in [1.82, 2.24) is 14.9 Å². The Morgan fingerprint density at radius 3 is 3.05 bits per heavy atom. The minimum atomic E-state index is -0.688. The van der Waals surface area contributed by atoms with E-state index in [0.29, 0.717) is 6.54 Å². The summed E-state index contributed by atoms with van der Waals surface area (Å²) in [5.41, 5.74) is 1.99. The average molecular weight is 273 g/mol. The number of rotatable bonds is 3. The predicted molar refractivity (Wildman–Crippen MR) is 76.4 cm³/mol. The summed E-state index contributed by atoms with van der Waals surface area (Å²) in [7, 11) is 0. The Bertz CT molecular complexity index is 589. The zero-order chi connectivity index (χ0) is 14.1. The van der Waals surface area contributed by atoms with Crippen molar-refractivity contribution in [2.45, 2.75) is 25.8 Å². The molecule has 1 aromatic heterocycles. The van der Waals surface area contributed by atoms with Crippen LogP contribution in [-0.4, -0.2) is 39.0 Å². The number of hydrogen-bond donors (Lipinski definition) is 2. The van der Waals surface area contributed by atoms with E-state index in [0.717, 1.165) is 36.2 Å². The number of carboxylic acid groups (broad SMARTS) is 1. The molecule has 2 heterocycles. The molecule has 2 N–H and O–H groups in total. The number of nitrogens with zero attached hydrogens (tertiary/aromatic N) is 2. The molecule has 1 aromatic carbocycles. The summed E-state index contributed by atoms with van der Waals surface area (Å²) in [5.74, 6) is -0.0284. The van der Waals surface area contributed by atoms with E-state index < -0.39 is 5.97 Å². The van der Waals surface area contributed by atoms with Gasteiger partial charge in [-0.3, -0.25) is 9.69 Å². The maximum Gasteiger partial charge on any atom is 0.307 e. The van der Waals surface area contributed by atoms with Gasteiger partial charge in [-0.2, -0.15) is 0 Å². The lowest BCUT2D eigenvalue weighted by Crippen LogP contribution is -2.40. The molecular weight excluding hydrogens is 254 g/mol. The molecule has 2 aromatic rings. The maximum atomic E-state index is 11.1. The molecule has 0 saturated carbocycles. The van der Waals surface area contributed by atoms with Gasteiger partial charge in [0.25, 0.3) is 0 Å². The Kier molecular flexibility index (Phi) is 3.44. The van der Waals surface area contributed by atoms with Crippen molar-refractivity contribution in [1.29, 1.82) is 0 Å². The number of imidazole rings is 1. The summed E-state index contributed by atoms with van der Waals surface area (Å²) in [6, 6.07) is 8.06. The highest BCUT2D eigenvalue weighted by atomic mass is 16.4. The molecule has 0 aliphatic carbocycles. The van der Waals surface area contributed by atoms with Gasteiger partial charge in [-0.05, 0) is 38.4 Å². The fourth-order valence-corrected chi connectivity index (χ4v) is 2.90. The summed E-state index contributed by atoms with van der Waals surface area (Å²) in [5, 5.41) is 9.17. The molecule has 5 heteroatoms. The van der Waals surface area contributed by atoms with Crippen molar-refractivity contribution in [3.05, 3.63) is 30.1 Å². The first kappa shape index (κ1) is 13.1. The van der Waals surface area contributed by atoms with Gasteiger partial charge >= 0.3 is 5.97 Å². The van der Waals surface area contributed by atoms with Crippen molar-refractivity contribution >= 4 is 17.0 Å². The Morgan fingerprint density at radius 1 is 1.50 bits per heavy atom. The number of likely N-dealkylation sites (tertiary alicyclic amines) is 1. The van der Waals surface area contributed by atoms with Crippen molar-refractivity contribution in [3.8, 4) is 0 Å². The van der Waals surface area contributed by atoms with Crippen molar-refractivity contribution < 1.29 is 9.90 Å². The van der Waals surface area contributed by atoms with E-state index in [4.69, 9.17) is 0 Å². The molecule has 0 bridgehead atoms. The lowest BCUT2D eigenvalue weighted by Gasteiger charge is -2.34. The molecule has 20 heavy (non-hydrogen) atoms. The number of benzene rings is 1. The second-order valence-corrected chi connectivity index (χ2v) is 5.49. The van der Waals surface area contributed by atoms with Crippen LogP contribution in [0.1, 0.15) is 31.6 Å². The van der Waals surface area contributed by atoms with Gasteiger partial charge in [-0.25, -0.2) is 4.98 Å². The third kappa shape index (κ3) is 2.41. The summed E-state index contributed by atoms with van der Waals surface area (Å²) in [6.07, 6.45) is 1.71. The number of carboxylic acids is 1. The normalized spacial score (nSPS) is 21.9. The molecule has 0 amide bonds. The van der Waals surface area contributed by atoms with Gasteiger partial charge < -0.3 is 10.1 Å². The number of aromatic amines is 1. The molecule has 2 atom stereocenters. The maximum absolute atomic E-state index is 11.1. The van der Waals surface area contributed by atoms with Gasteiger partial charge in [0.1, 0.15) is 5.82 Å². The first-order valence-corrected chi connectivity index (χ1v) is 7.06. The van der Waals surface area contributed by atoms with E-state index in [2.05, 4.69) is 21.8 Å². The first-order valence-electron chi connectivity index (χ1n) is 7.06. The average Bonchev–Trinajstić information content (AvgIpc) is 2.90. The van der Waals surface area contributed by atoms with Crippen LogP contribution in [-0.2, 0) is 4.79 Å². The fraction of sp³-hybridized carbons (Fsp3) is 0.467. The topological polar surface area (TPSA) is 69.2 Å². The van der Waals surface area contributed by atoms with Gasteiger partial charge in [-0.15, -0.1) is 0 Å². The minimum Gasteiger partial charge on any atom is -0.481 e. The predicted octanol–water partition coefficient (Wildman–Crippen LogP) is 2.42. The van der Waals surface area contributed by atoms with E-state index >= 15 is 0 Å². The van der Waals surface area contributed by atoms with E-state index in [1.54, 1.807) is 0 Å². The molecular formula is C15H19N3O2. The number of carbonyl (C=O) groups is 1. The second kappa shape index (κ2) is 5.25. The van der Waals surface area contributed by atoms with Crippen LogP contribution in [0.15, 0.2) is 24.3 Å². The van der Waals surface area contributed by atoms with E-state index in [1.165, 1.54) is 0 Å². The van der Waals surface area contributed by atoms with Crippen LogP contribution < -0.4 is 0 Å². The van der Waals surface area contributed by atoms with Gasteiger partial charge in [0.15, 0.2) is 0 Å². The van der Waals surface area contributed by atoms with Crippen LogP contribution in [0.2, 0.25) is 0 Å². The minimum absolute atomic E-state index is 0.115. The highest BCUT2D eigenvalue weighted by Crippen LogP contribution is 2.26. The Hall–Kier alpha value is -1.88. The van der Waals surface area contributed by atoms with Crippen molar-refractivity contribution in [2.24, 2.45) is 5.92 Å². The monoisotopic (exact) mass is 273 g/mol. The standard InChI is InChI=1S/C15H19N3O2/c1-10(18-8-4-5-11(9-18)15(19)20)14-16-12-6-2-3-7-13(12)17-14/h2-3,6-7,10-11H,4-5,8-9H2,1H3,(H,16,17)(H,19,20). The Labute approximate surface area is 117 Å². The highest BCUT2D eigenvalue weighted by molar-refractivity contribution is 5.74. The lowest BCUT2D eigenvalue weighted by molar-refractivity contribution is -0.143. The third-order valence-corrected chi connectivity index (χ3v) is 4.15. The number of aliphatic carboxylic acids is 1. The zero-order valence-corrected chi connectivity index (χ0v) is 11.5. The fourth-order valence-electron chi connectivity index (χ4n) is 2.90. The SMILES string of the molecule is CC(c1nc2ccccc2[nH]1)N1CCCC(C(=O)O)C1. The lowest BCUT2D eigenvalue weighted by atomic mass is 9.97. The molecule has 1 saturated heterocycles. The summed E-state index contributed by atoms with van der Waals surface area (Å²) >= 11 is 0. The molecule has 5 nitrogen and oxygen atoms in total. The highest BCUT2D eigenvalue weighted by Gasteiger charge is 2.29. The number of hydrogen-bond acceptors (Lipinski definition) is 3. The van der Waals surface area contributed by atoms with Crippen LogP contribution in [0.5, 0.6) is 0 Å². The van der Waals surface area contributed by atoms with E-state index in [9.17, 15) is 9.90 Å². The number of piperidine rings is 1. The van der Waals surface area contributed by atoms with Crippen LogP contribution >= 0.6 is 0 Å². The van der Waals surface area contributed by atoms with Crippen LogP contribution in [0.25, 0.3) is 11.0 Å². The van der Waals surface area contributed by atoms with Gasteiger partial charge in [-0.1, -0.05) is 12.1 Å². The number of fused-ring (bicyclic) bond motifs is 1. The molecule has 0 radical (unpaired) electrons. The molecule has 3 rings (SSSR count). The number of H-pyrrole nitrogens is 1. The second-order valence-electron chi connectivity index (χ2n) is 5.49. The summed E-state index contributed by atoms with van der Waals surface area (Å²) in [6.45, 7) is 3.62. The molecule has 1 fully saturated rings. The van der Waals surface area contributed by atoms with Crippen LogP contribution in [0.4, 0.5) is 0 Å². The largest absolute Gasteiger partial charge is 0.481 e. The molecule has 1 aliphatic heterocycles. The van der Waals surface area contributed by atoms with E-state index in [1.807, 2.05) is 24.3 Å². The number of aromatic nitrogens is 2. The summed E-state index contributed by atoms with van der Waals surface area (Å²) in [4.78, 5) is 21.3. The number of nitrogens with one attached hydrogen (secondary N) is 1. The van der Waals surface area contributed by atoms with Crippen LogP contribution in [0, 0.1) is 5.92 Å². The first-order chi connectivity index (χ1) is 9.65. The van der Waals surface area contributed by atoms with E-state index in [-0.39, 0.29) is 12.0 Å². The zero-order valence-electron chi connectivity index (χ0n) is 11.5. The number of para-hydroxylation sites is 2. The molecule has 0 spiro atoms. The quantitative estimate of drug-likeness (QED) is 0.901.